The summed E-state index contributed by atoms with van der Waals surface area (Å²) in [7, 11) is 0. The predicted molar refractivity (Wildman–Crippen MR) is 53.8 cm³/mol. The highest BCUT2D eigenvalue weighted by Gasteiger charge is 2.27. The van der Waals surface area contributed by atoms with E-state index in [1.807, 2.05) is 6.26 Å². The summed E-state index contributed by atoms with van der Waals surface area (Å²) in [5.41, 5.74) is 0. The molecule has 1 fully saturated rings. The molecule has 0 aromatic carbocycles. The van der Waals surface area contributed by atoms with Crippen molar-refractivity contribution in [3.05, 3.63) is 0 Å². The summed E-state index contributed by atoms with van der Waals surface area (Å²) < 4.78 is 0. The minimum atomic E-state index is -0.365. The van der Waals surface area contributed by atoms with Crippen LogP contribution in [-0.4, -0.2) is 48.3 Å². The van der Waals surface area contributed by atoms with E-state index in [0.717, 1.165) is 5.75 Å². The van der Waals surface area contributed by atoms with Gasteiger partial charge in [-0.05, 0) is 12.7 Å². The van der Waals surface area contributed by atoms with Crippen LogP contribution in [0, 0.1) is 0 Å². The zero-order valence-corrected chi connectivity index (χ0v) is 8.56. The van der Waals surface area contributed by atoms with Gasteiger partial charge in [0, 0.05) is 18.8 Å². The molecule has 0 aliphatic carbocycles. The van der Waals surface area contributed by atoms with E-state index >= 15 is 0 Å². The van der Waals surface area contributed by atoms with Crippen molar-refractivity contribution >= 4 is 17.7 Å². The maximum Gasteiger partial charge on any atom is 0.237 e. The molecule has 0 spiro atoms. The Morgan fingerprint density at radius 1 is 1.77 bits per heavy atom. The van der Waals surface area contributed by atoms with Crippen LogP contribution in [0.4, 0.5) is 0 Å². The third-order valence-electron chi connectivity index (χ3n) is 2.03. The molecule has 1 rings (SSSR count). The smallest absolute Gasteiger partial charge is 0.237 e. The molecule has 1 saturated heterocycles. The number of carbonyl (C=O) groups is 1. The first-order valence-corrected chi connectivity index (χ1v) is 5.81. The molecule has 0 aromatic heterocycles. The van der Waals surface area contributed by atoms with Crippen LogP contribution < -0.4 is 10.6 Å². The fourth-order valence-electron chi connectivity index (χ4n) is 1.32. The van der Waals surface area contributed by atoms with Gasteiger partial charge >= 0.3 is 0 Å². The first kappa shape index (κ1) is 10.8. The molecule has 4 nitrogen and oxygen atoms in total. The molecule has 1 aliphatic heterocycles. The average molecular weight is 204 g/mol. The Labute approximate surface area is 82.5 Å². The normalized spacial score (nSPS) is 27.5. The van der Waals surface area contributed by atoms with E-state index < -0.39 is 0 Å². The van der Waals surface area contributed by atoms with E-state index in [0.29, 0.717) is 19.5 Å². The zero-order chi connectivity index (χ0) is 9.68. The third kappa shape index (κ3) is 3.54. The van der Waals surface area contributed by atoms with Crippen molar-refractivity contribution in [1.29, 1.82) is 0 Å². The summed E-state index contributed by atoms with van der Waals surface area (Å²) in [6, 6.07) is -0.197. The quantitative estimate of drug-likeness (QED) is 0.524. The van der Waals surface area contributed by atoms with Crippen LogP contribution in [-0.2, 0) is 4.79 Å². The Kier molecular flexibility index (Phi) is 4.55. The Morgan fingerprint density at radius 3 is 3.08 bits per heavy atom. The molecule has 0 aromatic rings. The van der Waals surface area contributed by atoms with Crippen molar-refractivity contribution in [2.24, 2.45) is 0 Å². The Bertz CT molecular complexity index is 178. The largest absolute Gasteiger partial charge is 0.392 e. The van der Waals surface area contributed by atoms with Gasteiger partial charge in [0.1, 0.15) is 0 Å². The highest BCUT2D eigenvalue weighted by atomic mass is 32.2. The van der Waals surface area contributed by atoms with Gasteiger partial charge < -0.3 is 15.7 Å². The summed E-state index contributed by atoms with van der Waals surface area (Å²) in [5.74, 6) is 0.937. The van der Waals surface area contributed by atoms with Gasteiger partial charge in [-0.2, -0.15) is 11.8 Å². The van der Waals surface area contributed by atoms with Gasteiger partial charge in [0.15, 0.2) is 0 Å². The van der Waals surface area contributed by atoms with Gasteiger partial charge in [-0.25, -0.2) is 0 Å². The number of amides is 1. The van der Waals surface area contributed by atoms with Crippen LogP contribution in [0.1, 0.15) is 6.42 Å². The first-order chi connectivity index (χ1) is 6.24. The number of aliphatic hydroxyl groups is 1. The minimum absolute atomic E-state index is 0.00519. The van der Waals surface area contributed by atoms with Crippen molar-refractivity contribution in [2.75, 3.05) is 25.1 Å². The molecule has 1 aliphatic rings. The maximum absolute atomic E-state index is 11.4. The SMILES string of the molecule is CSCCNC(=O)C1CC(O)CN1. The lowest BCUT2D eigenvalue weighted by Crippen LogP contribution is -2.41. The van der Waals surface area contributed by atoms with Crippen molar-refractivity contribution < 1.29 is 9.90 Å². The minimum Gasteiger partial charge on any atom is -0.392 e. The number of aliphatic hydroxyl groups excluding tert-OH is 1. The molecule has 2 unspecified atom stereocenters. The van der Waals surface area contributed by atoms with Crippen molar-refractivity contribution in [3.8, 4) is 0 Å². The molecule has 0 bridgehead atoms. The van der Waals surface area contributed by atoms with Crippen LogP contribution in [0.2, 0.25) is 0 Å². The molecule has 13 heavy (non-hydrogen) atoms. The van der Waals surface area contributed by atoms with Gasteiger partial charge in [0.05, 0.1) is 12.1 Å². The molecule has 3 N–H and O–H groups in total. The van der Waals surface area contributed by atoms with Crippen molar-refractivity contribution in [2.45, 2.75) is 18.6 Å². The lowest BCUT2D eigenvalue weighted by molar-refractivity contribution is -0.122. The maximum atomic E-state index is 11.4. The third-order valence-corrected chi connectivity index (χ3v) is 2.64. The summed E-state index contributed by atoms with van der Waals surface area (Å²) in [6.07, 6.45) is 2.17. The van der Waals surface area contributed by atoms with Gasteiger partial charge in [-0.3, -0.25) is 4.79 Å². The molecule has 5 heteroatoms. The van der Waals surface area contributed by atoms with E-state index in [-0.39, 0.29) is 18.1 Å². The van der Waals surface area contributed by atoms with Gasteiger partial charge in [-0.1, -0.05) is 0 Å². The van der Waals surface area contributed by atoms with Gasteiger partial charge in [0.25, 0.3) is 0 Å². The van der Waals surface area contributed by atoms with Crippen LogP contribution in [0.3, 0.4) is 0 Å². The highest BCUT2D eigenvalue weighted by molar-refractivity contribution is 7.98. The summed E-state index contributed by atoms with van der Waals surface area (Å²) in [5, 5.41) is 15.0. The van der Waals surface area contributed by atoms with Crippen LogP contribution in [0.5, 0.6) is 0 Å². The zero-order valence-electron chi connectivity index (χ0n) is 7.75. The second-order valence-electron chi connectivity index (χ2n) is 3.13. The Morgan fingerprint density at radius 2 is 2.54 bits per heavy atom. The lowest BCUT2D eigenvalue weighted by Gasteiger charge is -2.09. The van der Waals surface area contributed by atoms with E-state index in [1.54, 1.807) is 11.8 Å². The number of β-amino-alcohol motifs (C(OH)–C–C–N with tert-alkyl or cyclic N) is 1. The van der Waals surface area contributed by atoms with Crippen LogP contribution >= 0.6 is 11.8 Å². The number of hydrogen-bond donors (Lipinski definition) is 3. The standard InChI is InChI=1S/C8H16N2O2S/c1-13-3-2-9-8(12)7-4-6(11)5-10-7/h6-7,10-11H,2-5H2,1H3,(H,9,12). The topological polar surface area (TPSA) is 61.4 Å². The molecule has 1 heterocycles. The van der Waals surface area contributed by atoms with Crippen LogP contribution in [0.25, 0.3) is 0 Å². The number of rotatable bonds is 4. The Balaban J connectivity index is 2.16. The summed E-state index contributed by atoms with van der Waals surface area (Å²) in [4.78, 5) is 11.4. The molecule has 2 atom stereocenters. The predicted octanol–water partition coefficient (Wildman–Crippen LogP) is -0.812. The number of nitrogens with one attached hydrogen (secondary N) is 2. The van der Waals surface area contributed by atoms with E-state index in [4.69, 9.17) is 0 Å². The Hall–Kier alpha value is -0.260. The monoisotopic (exact) mass is 204 g/mol. The number of carbonyl (C=O) groups excluding carboxylic acids is 1. The second-order valence-corrected chi connectivity index (χ2v) is 4.12. The molecular formula is C8H16N2O2S. The second kappa shape index (κ2) is 5.47. The summed E-state index contributed by atoms with van der Waals surface area (Å²) in [6.45, 7) is 1.23. The van der Waals surface area contributed by atoms with E-state index in [9.17, 15) is 9.90 Å². The van der Waals surface area contributed by atoms with Crippen LogP contribution in [0.15, 0.2) is 0 Å². The van der Waals surface area contributed by atoms with E-state index in [2.05, 4.69) is 10.6 Å². The molecule has 76 valence electrons. The molecular weight excluding hydrogens is 188 g/mol. The van der Waals surface area contributed by atoms with Gasteiger partial charge in [0.2, 0.25) is 5.91 Å². The number of hydrogen-bond acceptors (Lipinski definition) is 4. The number of thioether (sulfide) groups is 1. The van der Waals surface area contributed by atoms with Crippen molar-refractivity contribution in [3.63, 3.8) is 0 Å². The lowest BCUT2D eigenvalue weighted by atomic mass is 10.2. The fraction of sp³-hybridized carbons (Fsp3) is 0.875. The molecule has 0 radical (unpaired) electrons. The van der Waals surface area contributed by atoms with Crippen molar-refractivity contribution in [1.82, 2.24) is 10.6 Å². The molecule has 0 saturated carbocycles. The average Bonchev–Trinajstić information content (AvgIpc) is 2.52. The highest BCUT2D eigenvalue weighted by Crippen LogP contribution is 2.05. The summed E-state index contributed by atoms with van der Waals surface area (Å²) >= 11 is 1.70. The fourth-order valence-corrected chi connectivity index (χ4v) is 1.62. The molecule has 1 amide bonds. The first-order valence-electron chi connectivity index (χ1n) is 4.42. The van der Waals surface area contributed by atoms with E-state index in [1.165, 1.54) is 0 Å². The van der Waals surface area contributed by atoms with Gasteiger partial charge in [-0.15, -0.1) is 0 Å².